The van der Waals surface area contributed by atoms with Crippen LogP contribution in [0.25, 0.3) is 0 Å². The minimum absolute atomic E-state index is 0.0739. The smallest absolute Gasteiger partial charge is 0.244 e. The molecule has 6 nitrogen and oxygen atoms in total. The minimum atomic E-state index is -3.94. The Balaban J connectivity index is 1.90. The van der Waals surface area contributed by atoms with E-state index in [0.717, 1.165) is 16.7 Å². The molecule has 3 aromatic rings. The molecule has 0 atom stereocenters. The van der Waals surface area contributed by atoms with Crippen LogP contribution in [0.5, 0.6) is 0 Å². The number of sulfonamides is 1. The van der Waals surface area contributed by atoms with E-state index < -0.39 is 15.9 Å². The van der Waals surface area contributed by atoms with Crippen molar-refractivity contribution >= 4 is 21.6 Å². The molecule has 0 aliphatic heterocycles. The largest absolute Gasteiger partial charge is 0.325 e. The van der Waals surface area contributed by atoms with Crippen LogP contribution in [0, 0.1) is 32.1 Å². The third-order valence-electron chi connectivity index (χ3n) is 5.25. The number of hydrogen-bond donors (Lipinski definition) is 1. The van der Waals surface area contributed by atoms with Crippen LogP contribution in [0.15, 0.2) is 71.6 Å². The second-order valence-corrected chi connectivity index (χ2v) is 9.94. The van der Waals surface area contributed by atoms with Gasteiger partial charge in [0.2, 0.25) is 15.9 Å². The fourth-order valence-electron chi connectivity index (χ4n) is 3.87. The molecule has 0 saturated heterocycles. The lowest BCUT2D eigenvalue weighted by atomic mass is 10.1. The zero-order chi connectivity index (χ0) is 24.0. The molecule has 3 rings (SSSR count). The van der Waals surface area contributed by atoms with Gasteiger partial charge in [-0.25, -0.2) is 8.42 Å². The molecule has 1 amide bonds. The molecule has 0 bridgehead atoms. The van der Waals surface area contributed by atoms with Crippen molar-refractivity contribution in [1.82, 2.24) is 4.31 Å². The Bertz CT molecular complexity index is 1260. The van der Waals surface area contributed by atoms with Crippen LogP contribution < -0.4 is 5.32 Å². The van der Waals surface area contributed by atoms with Gasteiger partial charge in [-0.3, -0.25) is 4.79 Å². The third-order valence-corrected chi connectivity index (χ3v) is 7.34. The molecule has 0 aliphatic carbocycles. The van der Waals surface area contributed by atoms with E-state index in [4.69, 9.17) is 5.26 Å². The SMILES string of the molecule is Cc1cc(C)c(S(=O)(=O)N(CC(=O)Nc2ccc(CC#N)cc2)Cc2ccccc2)c(C)c1. The number of carbonyl (C=O) groups is 1. The highest BCUT2D eigenvalue weighted by atomic mass is 32.2. The van der Waals surface area contributed by atoms with Crippen molar-refractivity contribution < 1.29 is 13.2 Å². The van der Waals surface area contributed by atoms with Gasteiger partial charge in [0.25, 0.3) is 0 Å². The van der Waals surface area contributed by atoms with E-state index in [1.165, 1.54) is 4.31 Å². The van der Waals surface area contributed by atoms with Crippen LogP contribution in [0.4, 0.5) is 5.69 Å². The monoisotopic (exact) mass is 461 g/mol. The first-order valence-corrected chi connectivity index (χ1v) is 12.0. The summed E-state index contributed by atoms with van der Waals surface area (Å²) < 4.78 is 28.6. The maximum atomic E-state index is 13.7. The van der Waals surface area contributed by atoms with Gasteiger partial charge in [0.05, 0.1) is 23.9 Å². The number of benzene rings is 3. The van der Waals surface area contributed by atoms with E-state index in [1.807, 2.05) is 49.4 Å². The molecule has 7 heteroatoms. The fraction of sp³-hybridized carbons (Fsp3) is 0.231. The van der Waals surface area contributed by atoms with E-state index >= 15 is 0 Å². The van der Waals surface area contributed by atoms with E-state index in [2.05, 4.69) is 11.4 Å². The van der Waals surface area contributed by atoms with Crippen LogP contribution in [0.3, 0.4) is 0 Å². The van der Waals surface area contributed by atoms with E-state index in [0.29, 0.717) is 16.8 Å². The molecule has 0 radical (unpaired) electrons. The molecule has 0 fully saturated rings. The normalized spacial score (nSPS) is 11.2. The van der Waals surface area contributed by atoms with Crippen LogP contribution in [-0.2, 0) is 27.8 Å². The predicted octanol–water partition coefficient (Wildman–Crippen LogP) is 4.51. The molecule has 0 saturated carbocycles. The van der Waals surface area contributed by atoms with Gasteiger partial charge in [-0.15, -0.1) is 0 Å². The number of nitrogens with zero attached hydrogens (tertiary/aromatic N) is 2. The Hall–Kier alpha value is -3.47. The summed E-state index contributed by atoms with van der Waals surface area (Å²) in [6, 6.07) is 21.9. The summed E-state index contributed by atoms with van der Waals surface area (Å²) in [4.78, 5) is 13.1. The minimum Gasteiger partial charge on any atom is -0.325 e. The average Bonchev–Trinajstić information content (AvgIpc) is 2.74. The number of hydrogen-bond acceptors (Lipinski definition) is 4. The lowest BCUT2D eigenvalue weighted by Gasteiger charge is -2.24. The number of carbonyl (C=O) groups excluding carboxylic acids is 1. The molecular weight excluding hydrogens is 434 g/mol. The van der Waals surface area contributed by atoms with Crippen LogP contribution in [0.2, 0.25) is 0 Å². The summed E-state index contributed by atoms with van der Waals surface area (Å²) in [6.45, 7) is 5.22. The molecular formula is C26H27N3O3S. The topological polar surface area (TPSA) is 90.3 Å². The van der Waals surface area contributed by atoms with Crippen LogP contribution in [-0.4, -0.2) is 25.2 Å². The first kappa shape index (κ1) is 24.2. The number of aryl methyl sites for hydroxylation is 3. The van der Waals surface area contributed by atoms with Gasteiger partial charge in [0.15, 0.2) is 0 Å². The molecule has 3 aromatic carbocycles. The lowest BCUT2D eigenvalue weighted by molar-refractivity contribution is -0.116. The number of anilines is 1. The molecule has 0 unspecified atom stereocenters. The van der Waals surface area contributed by atoms with Crippen molar-refractivity contribution in [2.24, 2.45) is 0 Å². The van der Waals surface area contributed by atoms with Gasteiger partial charge in [0, 0.05) is 12.2 Å². The number of rotatable bonds is 8. The maximum absolute atomic E-state index is 13.7. The molecule has 33 heavy (non-hydrogen) atoms. The molecule has 1 N–H and O–H groups in total. The molecule has 0 spiro atoms. The predicted molar refractivity (Wildman–Crippen MR) is 129 cm³/mol. The summed E-state index contributed by atoms with van der Waals surface area (Å²) in [5.74, 6) is -0.440. The molecule has 170 valence electrons. The molecule has 0 heterocycles. The molecule has 0 aliphatic rings. The summed E-state index contributed by atoms with van der Waals surface area (Å²) in [5, 5.41) is 11.6. The van der Waals surface area contributed by atoms with Crippen molar-refractivity contribution in [3.05, 3.63) is 94.5 Å². The number of nitriles is 1. The van der Waals surface area contributed by atoms with E-state index in [9.17, 15) is 13.2 Å². The van der Waals surface area contributed by atoms with E-state index in [1.54, 1.807) is 38.1 Å². The Kier molecular flexibility index (Phi) is 7.64. The van der Waals surface area contributed by atoms with Crippen LogP contribution >= 0.6 is 0 Å². The van der Waals surface area contributed by atoms with Gasteiger partial charge in [0.1, 0.15) is 0 Å². The van der Waals surface area contributed by atoms with Gasteiger partial charge >= 0.3 is 0 Å². The van der Waals surface area contributed by atoms with Crippen molar-refractivity contribution in [2.45, 2.75) is 38.6 Å². The highest BCUT2D eigenvalue weighted by Gasteiger charge is 2.30. The third kappa shape index (κ3) is 6.07. The van der Waals surface area contributed by atoms with Crippen molar-refractivity contribution in [1.29, 1.82) is 5.26 Å². The first-order valence-electron chi connectivity index (χ1n) is 10.6. The van der Waals surface area contributed by atoms with Gasteiger partial charge in [-0.1, -0.05) is 60.2 Å². The zero-order valence-electron chi connectivity index (χ0n) is 19.0. The maximum Gasteiger partial charge on any atom is 0.244 e. The van der Waals surface area contributed by atoms with Crippen molar-refractivity contribution in [3.8, 4) is 6.07 Å². The fourth-order valence-corrected chi connectivity index (χ4v) is 5.67. The van der Waals surface area contributed by atoms with Gasteiger partial charge < -0.3 is 5.32 Å². The quantitative estimate of drug-likeness (QED) is 0.534. The molecule has 0 aromatic heterocycles. The Morgan fingerprint density at radius 3 is 2.12 bits per heavy atom. The van der Waals surface area contributed by atoms with E-state index in [-0.39, 0.29) is 24.4 Å². The van der Waals surface area contributed by atoms with Crippen molar-refractivity contribution in [3.63, 3.8) is 0 Å². The Morgan fingerprint density at radius 1 is 0.939 bits per heavy atom. The summed E-state index contributed by atoms with van der Waals surface area (Å²) in [6.07, 6.45) is 0.284. The van der Waals surface area contributed by atoms with Crippen molar-refractivity contribution in [2.75, 3.05) is 11.9 Å². The first-order chi connectivity index (χ1) is 15.7. The second kappa shape index (κ2) is 10.4. The zero-order valence-corrected chi connectivity index (χ0v) is 19.8. The summed E-state index contributed by atoms with van der Waals surface area (Å²) in [5.41, 5.74) is 4.46. The average molecular weight is 462 g/mol. The van der Waals surface area contributed by atoms with Gasteiger partial charge in [-0.2, -0.15) is 9.57 Å². The van der Waals surface area contributed by atoms with Gasteiger partial charge in [-0.05, 0) is 55.2 Å². The number of amides is 1. The highest BCUT2D eigenvalue weighted by Crippen LogP contribution is 2.26. The summed E-state index contributed by atoms with van der Waals surface area (Å²) in [7, 11) is -3.94. The standard InChI is InChI=1S/C26H27N3O3S/c1-19-15-20(2)26(21(3)16-19)33(31,32)29(17-23-7-5-4-6-8-23)18-25(30)28-24-11-9-22(10-12-24)13-14-27/h4-12,15-16H,13,17-18H2,1-3H3,(H,28,30). The number of nitrogens with one attached hydrogen (secondary N) is 1. The lowest BCUT2D eigenvalue weighted by Crippen LogP contribution is -2.38. The highest BCUT2D eigenvalue weighted by molar-refractivity contribution is 7.89. The second-order valence-electron chi connectivity index (χ2n) is 8.07. The Labute approximate surface area is 195 Å². The van der Waals surface area contributed by atoms with Crippen LogP contribution in [0.1, 0.15) is 27.8 Å². The summed E-state index contributed by atoms with van der Waals surface area (Å²) >= 11 is 0. The Morgan fingerprint density at radius 2 is 1.55 bits per heavy atom.